The number of nitrogens with zero attached hydrogens (tertiary/aromatic N) is 2. The molecule has 98 valence electrons. The summed E-state index contributed by atoms with van der Waals surface area (Å²) in [5.41, 5.74) is 7.22. The molecule has 0 aliphatic carbocycles. The van der Waals surface area contributed by atoms with Gasteiger partial charge in [0.15, 0.2) is 5.75 Å². The molecule has 2 aromatic rings. The van der Waals surface area contributed by atoms with Gasteiger partial charge in [-0.05, 0) is 22.0 Å². The Morgan fingerprint density at radius 3 is 3.00 bits per heavy atom. The van der Waals surface area contributed by atoms with E-state index in [9.17, 15) is 4.79 Å². The average molecular weight is 323 g/mol. The number of nitrogens with two attached hydrogens (primary N) is 1. The van der Waals surface area contributed by atoms with Crippen LogP contribution in [0.15, 0.2) is 29.0 Å². The SMILES string of the molecule is Cn1cc(Oc2cc3c(cc2Br)C(N)C(=O)N3)cn1. The number of hydrogen-bond acceptors (Lipinski definition) is 4. The minimum Gasteiger partial charge on any atom is -0.453 e. The average Bonchev–Trinajstić information content (AvgIpc) is 2.87. The number of halogens is 1. The number of aryl methyl sites for hydroxylation is 1. The van der Waals surface area contributed by atoms with Crippen LogP contribution in [-0.2, 0) is 11.8 Å². The van der Waals surface area contributed by atoms with Crippen LogP contribution in [0.2, 0.25) is 0 Å². The molecule has 0 fully saturated rings. The molecule has 0 saturated heterocycles. The molecule has 7 heteroatoms. The van der Waals surface area contributed by atoms with Crippen LogP contribution in [0.5, 0.6) is 11.5 Å². The molecular formula is C12H11BrN4O2. The van der Waals surface area contributed by atoms with E-state index in [4.69, 9.17) is 10.5 Å². The topological polar surface area (TPSA) is 82.2 Å². The summed E-state index contributed by atoms with van der Waals surface area (Å²) in [6.45, 7) is 0. The van der Waals surface area contributed by atoms with Crippen LogP contribution < -0.4 is 15.8 Å². The fourth-order valence-corrected chi connectivity index (χ4v) is 2.38. The van der Waals surface area contributed by atoms with Gasteiger partial charge in [-0.3, -0.25) is 9.48 Å². The third-order valence-electron chi connectivity index (χ3n) is 2.89. The molecule has 3 N–H and O–H groups in total. The minimum atomic E-state index is -0.626. The lowest BCUT2D eigenvalue weighted by Gasteiger charge is -2.08. The number of carbonyl (C=O) groups is 1. The number of aromatic nitrogens is 2. The second kappa shape index (κ2) is 4.36. The van der Waals surface area contributed by atoms with E-state index in [1.54, 1.807) is 29.2 Å². The summed E-state index contributed by atoms with van der Waals surface area (Å²) >= 11 is 3.41. The van der Waals surface area contributed by atoms with Gasteiger partial charge in [-0.15, -0.1) is 0 Å². The summed E-state index contributed by atoms with van der Waals surface area (Å²) < 4.78 is 8.09. The molecule has 1 unspecified atom stereocenters. The molecule has 19 heavy (non-hydrogen) atoms. The van der Waals surface area contributed by atoms with Crippen molar-refractivity contribution in [1.29, 1.82) is 0 Å². The second-order valence-electron chi connectivity index (χ2n) is 4.29. The second-order valence-corrected chi connectivity index (χ2v) is 5.14. The predicted molar refractivity (Wildman–Crippen MR) is 73.0 cm³/mol. The van der Waals surface area contributed by atoms with Gasteiger partial charge in [-0.1, -0.05) is 0 Å². The van der Waals surface area contributed by atoms with Crippen LogP contribution in [0.1, 0.15) is 11.6 Å². The molecule has 2 heterocycles. The zero-order valence-corrected chi connectivity index (χ0v) is 11.6. The van der Waals surface area contributed by atoms with E-state index in [0.29, 0.717) is 17.2 Å². The molecule has 1 amide bonds. The number of fused-ring (bicyclic) bond motifs is 1. The smallest absolute Gasteiger partial charge is 0.245 e. The lowest BCUT2D eigenvalue weighted by molar-refractivity contribution is -0.116. The number of amides is 1. The quantitative estimate of drug-likeness (QED) is 0.885. The maximum Gasteiger partial charge on any atom is 0.245 e. The first-order valence-corrected chi connectivity index (χ1v) is 6.40. The van der Waals surface area contributed by atoms with Crippen molar-refractivity contribution in [1.82, 2.24) is 9.78 Å². The highest BCUT2D eigenvalue weighted by atomic mass is 79.9. The van der Waals surface area contributed by atoms with Crippen molar-refractivity contribution in [2.45, 2.75) is 6.04 Å². The van der Waals surface area contributed by atoms with Crippen LogP contribution in [0.3, 0.4) is 0 Å². The summed E-state index contributed by atoms with van der Waals surface area (Å²) in [6, 6.07) is 2.92. The Labute approximate surface area is 117 Å². The molecule has 3 rings (SSSR count). The molecule has 1 aliphatic heterocycles. The van der Waals surface area contributed by atoms with Gasteiger partial charge in [-0.25, -0.2) is 0 Å². The largest absolute Gasteiger partial charge is 0.453 e. The fourth-order valence-electron chi connectivity index (χ4n) is 1.94. The van der Waals surface area contributed by atoms with Crippen molar-refractivity contribution >= 4 is 27.5 Å². The highest BCUT2D eigenvalue weighted by Gasteiger charge is 2.28. The van der Waals surface area contributed by atoms with E-state index >= 15 is 0 Å². The standard InChI is InChI=1S/C12H11BrN4O2/c1-17-5-6(4-15-17)19-10-3-9-7(2-8(10)13)11(14)12(18)16-9/h2-5,11H,14H2,1H3,(H,16,18). The maximum absolute atomic E-state index is 11.5. The molecule has 0 radical (unpaired) electrons. The number of anilines is 1. The Morgan fingerprint density at radius 1 is 1.53 bits per heavy atom. The lowest BCUT2D eigenvalue weighted by atomic mass is 10.1. The zero-order chi connectivity index (χ0) is 13.6. The number of carbonyl (C=O) groups excluding carboxylic acids is 1. The van der Waals surface area contributed by atoms with Crippen molar-refractivity contribution in [3.63, 3.8) is 0 Å². The Morgan fingerprint density at radius 2 is 2.32 bits per heavy atom. The Balaban J connectivity index is 1.96. The highest BCUT2D eigenvalue weighted by molar-refractivity contribution is 9.10. The van der Waals surface area contributed by atoms with Crippen LogP contribution >= 0.6 is 15.9 Å². The van der Waals surface area contributed by atoms with Crippen molar-refractivity contribution < 1.29 is 9.53 Å². The van der Waals surface area contributed by atoms with Crippen LogP contribution in [0.4, 0.5) is 5.69 Å². The summed E-state index contributed by atoms with van der Waals surface area (Å²) in [5, 5.41) is 6.75. The molecule has 0 bridgehead atoms. The van der Waals surface area contributed by atoms with E-state index in [1.165, 1.54) is 0 Å². The number of hydrogen-bond donors (Lipinski definition) is 2. The minimum absolute atomic E-state index is 0.208. The summed E-state index contributed by atoms with van der Waals surface area (Å²) in [6.07, 6.45) is 3.37. The predicted octanol–water partition coefficient (Wildman–Crippen LogP) is 1.93. The molecule has 0 spiro atoms. The Hall–Kier alpha value is -1.86. The van der Waals surface area contributed by atoms with Gasteiger partial charge in [0.2, 0.25) is 5.91 Å². The molecule has 6 nitrogen and oxygen atoms in total. The van der Waals surface area contributed by atoms with Gasteiger partial charge in [0, 0.05) is 24.4 Å². The van der Waals surface area contributed by atoms with Gasteiger partial charge in [0.1, 0.15) is 11.8 Å². The molecule has 1 aromatic carbocycles. The van der Waals surface area contributed by atoms with Crippen molar-refractivity contribution in [3.05, 3.63) is 34.6 Å². The van der Waals surface area contributed by atoms with E-state index in [-0.39, 0.29) is 5.91 Å². The fraction of sp³-hybridized carbons (Fsp3) is 0.167. The molecule has 1 aromatic heterocycles. The molecule has 1 atom stereocenters. The lowest BCUT2D eigenvalue weighted by Crippen LogP contribution is -2.19. The summed E-state index contributed by atoms with van der Waals surface area (Å²) in [4.78, 5) is 11.5. The van der Waals surface area contributed by atoms with E-state index < -0.39 is 6.04 Å². The highest BCUT2D eigenvalue weighted by Crippen LogP contribution is 2.39. The number of rotatable bonds is 2. The third-order valence-corrected chi connectivity index (χ3v) is 3.51. The van der Waals surface area contributed by atoms with Crippen LogP contribution in [0.25, 0.3) is 0 Å². The summed E-state index contributed by atoms with van der Waals surface area (Å²) in [5.74, 6) is 1.01. The number of nitrogens with one attached hydrogen (secondary N) is 1. The van der Waals surface area contributed by atoms with Gasteiger partial charge < -0.3 is 15.8 Å². The Bertz CT molecular complexity index is 668. The first-order valence-electron chi connectivity index (χ1n) is 5.61. The summed E-state index contributed by atoms with van der Waals surface area (Å²) in [7, 11) is 1.81. The first-order chi connectivity index (χ1) is 9.04. The van der Waals surface area contributed by atoms with Gasteiger partial charge in [0.25, 0.3) is 0 Å². The zero-order valence-electron chi connectivity index (χ0n) is 10.1. The maximum atomic E-state index is 11.5. The Kier molecular flexibility index (Phi) is 2.79. The van der Waals surface area contributed by atoms with Gasteiger partial charge in [0.05, 0.1) is 16.9 Å². The van der Waals surface area contributed by atoms with Crippen molar-refractivity contribution in [2.75, 3.05) is 5.32 Å². The molecular weight excluding hydrogens is 312 g/mol. The van der Waals surface area contributed by atoms with E-state index in [2.05, 4.69) is 26.3 Å². The van der Waals surface area contributed by atoms with Crippen molar-refractivity contribution in [3.8, 4) is 11.5 Å². The monoisotopic (exact) mass is 322 g/mol. The van der Waals surface area contributed by atoms with Crippen LogP contribution in [-0.4, -0.2) is 15.7 Å². The molecule has 1 aliphatic rings. The molecule has 0 saturated carbocycles. The van der Waals surface area contributed by atoms with Gasteiger partial charge >= 0.3 is 0 Å². The first kappa shape index (κ1) is 12.2. The normalized spacial score (nSPS) is 17.2. The van der Waals surface area contributed by atoms with Crippen molar-refractivity contribution in [2.24, 2.45) is 12.8 Å². The third kappa shape index (κ3) is 2.11. The van der Waals surface area contributed by atoms with E-state index in [1.807, 2.05) is 7.05 Å². The number of ether oxygens (including phenoxy) is 1. The van der Waals surface area contributed by atoms with Crippen LogP contribution in [0, 0.1) is 0 Å². The number of benzene rings is 1. The van der Waals surface area contributed by atoms with Gasteiger partial charge in [-0.2, -0.15) is 5.10 Å². The van der Waals surface area contributed by atoms with E-state index in [0.717, 1.165) is 10.0 Å².